The molecule has 0 aliphatic carbocycles. The summed E-state index contributed by atoms with van der Waals surface area (Å²) in [7, 11) is 1.57. The largest absolute Gasteiger partial charge is 0.495 e. The number of aromatic nitrogens is 1. The topological polar surface area (TPSA) is 71.5 Å². The first kappa shape index (κ1) is 16.4. The highest BCUT2D eigenvalue weighted by Crippen LogP contribution is 2.34. The van der Waals surface area contributed by atoms with E-state index in [-0.39, 0.29) is 18.2 Å². The smallest absolute Gasteiger partial charge is 0.231 e. The number of thiazole rings is 1. The summed E-state index contributed by atoms with van der Waals surface area (Å²) in [5.41, 5.74) is 2.61. The zero-order valence-electron chi connectivity index (χ0n) is 13.8. The van der Waals surface area contributed by atoms with Crippen molar-refractivity contribution in [2.75, 3.05) is 23.9 Å². The highest BCUT2D eigenvalue weighted by Gasteiger charge is 2.36. The van der Waals surface area contributed by atoms with Gasteiger partial charge in [0.15, 0.2) is 5.13 Å². The van der Waals surface area contributed by atoms with E-state index in [4.69, 9.17) is 4.74 Å². The molecule has 6 nitrogen and oxygen atoms in total. The lowest BCUT2D eigenvalue weighted by Gasteiger charge is -2.20. The summed E-state index contributed by atoms with van der Waals surface area (Å²) in [5.74, 6) is -0.0151. The van der Waals surface area contributed by atoms with Gasteiger partial charge in [-0.25, -0.2) is 4.98 Å². The fourth-order valence-corrected chi connectivity index (χ4v) is 3.44. The Morgan fingerprint density at radius 2 is 2.21 bits per heavy atom. The quantitative estimate of drug-likeness (QED) is 0.925. The monoisotopic (exact) mass is 345 g/mol. The third-order valence-corrected chi connectivity index (χ3v) is 4.85. The van der Waals surface area contributed by atoms with Crippen LogP contribution in [0.25, 0.3) is 0 Å². The number of aryl methyl sites for hydroxylation is 2. The number of benzene rings is 1. The van der Waals surface area contributed by atoms with Gasteiger partial charge in [0.05, 0.1) is 24.4 Å². The minimum absolute atomic E-state index is 0.0747. The molecular formula is C17H19N3O3S. The van der Waals surface area contributed by atoms with Crippen LogP contribution >= 0.6 is 11.3 Å². The standard InChI is InChI=1S/C17H19N3O3S/c1-10-4-5-14(23-3)13(6-10)20-8-12(7-15(20)21)16(22)19-17-18-11(2)9-24-17/h4-6,9,12H,7-8H2,1-3H3,(H,18,19,22). The summed E-state index contributed by atoms with van der Waals surface area (Å²) in [6, 6.07) is 5.67. The SMILES string of the molecule is COc1ccc(C)cc1N1CC(C(=O)Nc2nc(C)cs2)CC1=O. The second-order valence-corrected chi connectivity index (χ2v) is 6.72. The Morgan fingerprint density at radius 1 is 1.42 bits per heavy atom. The first-order chi connectivity index (χ1) is 11.5. The van der Waals surface area contributed by atoms with Crippen molar-refractivity contribution in [3.8, 4) is 5.75 Å². The molecule has 2 heterocycles. The minimum atomic E-state index is -0.396. The normalized spacial score (nSPS) is 17.2. The highest BCUT2D eigenvalue weighted by molar-refractivity contribution is 7.13. The van der Waals surface area contributed by atoms with E-state index >= 15 is 0 Å². The van der Waals surface area contributed by atoms with E-state index in [0.717, 1.165) is 11.3 Å². The van der Waals surface area contributed by atoms with Crippen molar-refractivity contribution in [3.05, 3.63) is 34.8 Å². The molecule has 126 valence electrons. The van der Waals surface area contributed by atoms with Gasteiger partial charge >= 0.3 is 0 Å². The van der Waals surface area contributed by atoms with E-state index in [1.54, 1.807) is 12.0 Å². The van der Waals surface area contributed by atoms with Crippen LogP contribution in [0.2, 0.25) is 0 Å². The van der Waals surface area contributed by atoms with Gasteiger partial charge in [0.25, 0.3) is 0 Å². The molecule has 0 saturated carbocycles. The summed E-state index contributed by atoms with van der Waals surface area (Å²) >= 11 is 1.38. The molecule has 1 aromatic carbocycles. The molecule has 24 heavy (non-hydrogen) atoms. The minimum Gasteiger partial charge on any atom is -0.495 e. The molecule has 1 atom stereocenters. The average Bonchev–Trinajstić information content (AvgIpc) is 3.13. The van der Waals surface area contributed by atoms with Crippen molar-refractivity contribution in [2.24, 2.45) is 5.92 Å². The number of rotatable bonds is 4. The summed E-state index contributed by atoms with van der Waals surface area (Å²) in [4.78, 5) is 30.7. The van der Waals surface area contributed by atoms with E-state index in [1.165, 1.54) is 11.3 Å². The van der Waals surface area contributed by atoms with Crippen molar-refractivity contribution in [3.63, 3.8) is 0 Å². The number of methoxy groups -OCH3 is 1. The Balaban J connectivity index is 1.76. The number of hydrogen-bond donors (Lipinski definition) is 1. The fraction of sp³-hybridized carbons (Fsp3) is 0.353. The molecule has 1 unspecified atom stereocenters. The number of hydrogen-bond acceptors (Lipinski definition) is 5. The van der Waals surface area contributed by atoms with Crippen LogP contribution in [0, 0.1) is 19.8 Å². The molecule has 1 saturated heterocycles. The zero-order chi connectivity index (χ0) is 17.3. The van der Waals surface area contributed by atoms with E-state index in [9.17, 15) is 9.59 Å². The van der Waals surface area contributed by atoms with Crippen LogP contribution in [0.15, 0.2) is 23.6 Å². The number of nitrogens with one attached hydrogen (secondary N) is 1. The predicted molar refractivity (Wildman–Crippen MR) is 93.7 cm³/mol. The van der Waals surface area contributed by atoms with Crippen molar-refractivity contribution in [1.82, 2.24) is 4.98 Å². The fourth-order valence-electron chi connectivity index (χ4n) is 2.75. The molecule has 0 spiro atoms. The summed E-state index contributed by atoms with van der Waals surface area (Å²) in [5, 5.41) is 5.24. The Kier molecular flexibility index (Phi) is 4.53. The van der Waals surface area contributed by atoms with Crippen molar-refractivity contribution < 1.29 is 14.3 Å². The molecule has 3 rings (SSSR count). The molecule has 1 fully saturated rings. The maximum Gasteiger partial charge on any atom is 0.231 e. The molecule has 1 N–H and O–H groups in total. The number of nitrogens with zero attached hydrogens (tertiary/aromatic N) is 2. The summed E-state index contributed by atoms with van der Waals surface area (Å²) in [6.07, 6.45) is 0.188. The molecule has 1 aromatic heterocycles. The summed E-state index contributed by atoms with van der Waals surface area (Å²) < 4.78 is 5.35. The molecule has 1 aliphatic rings. The Labute approximate surface area is 144 Å². The maximum atomic E-state index is 12.4. The van der Waals surface area contributed by atoms with E-state index in [2.05, 4.69) is 10.3 Å². The second-order valence-electron chi connectivity index (χ2n) is 5.86. The second kappa shape index (κ2) is 6.60. The van der Waals surface area contributed by atoms with Crippen molar-refractivity contribution in [2.45, 2.75) is 20.3 Å². The van der Waals surface area contributed by atoms with E-state index < -0.39 is 5.92 Å². The maximum absolute atomic E-state index is 12.4. The van der Waals surface area contributed by atoms with Gasteiger partial charge in [-0.15, -0.1) is 11.3 Å². The highest BCUT2D eigenvalue weighted by atomic mass is 32.1. The van der Waals surface area contributed by atoms with Crippen molar-refractivity contribution >= 4 is 34.0 Å². The Hall–Kier alpha value is -2.41. The van der Waals surface area contributed by atoms with Crippen LogP contribution in [0.1, 0.15) is 17.7 Å². The van der Waals surface area contributed by atoms with Gasteiger partial charge in [0.1, 0.15) is 5.75 Å². The number of ether oxygens (including phenoxy) is 1. The van der Waals surface area contributed by atoms with Crippen LogP contribution in [-0.2, 0) is 9.59 Å². The number of carbonyl (C=O) groups excluding carboxylic acids is 2. The Morgan fingerprint density at radius 3 is 2.88 bits per heavy atom. The summed E-state index contributed by atoms with van der Waals surface area (Å²) in [6.45, 7) is 4.17. The third-order valence-electron chi connectivity index (χ3n) is 3.97. The lowest BCUT2D eigenvalue weighted by atomic mass is 10.1. The lowest BCUT2D eigenvalue weighted by Crippen LogP contribution is -2.28. The molecule has 0 bridgehead atoms. The Bertz CT molecular complexity index is 787. The van der Waals surface area contributed by atoms with Gasteiger partial charge in [0.2, 0.25) is 11.8 Å². The first-order valence-corrected chi connectivity index (χ1v) is 8.54. The molecule has 2 aromatic rings. The van der Waals surface area contributed by atoms with Gasteiger partial charge in [-0.3, -0.25) is 9.59 Å². The van der Waals surface area contributed by atoms with Gasteiger partial charge < -0.3 is 15.0 Å². The predicted octanol–water partition coefficient (Wildman–Crippen LogP) is 2.76. The number of carbonyl (C=O) groups is 2. The van der Waals surface area contributed by atoms with Crippen LogP contribution in [0.3, 0.4) is 0 Å². The van der Waals surface area contributed by atoms with Crippen LogP contribution in [0.5, 0.6) is 5.75 Å². The van der Waals surface area contributed by atoms with Gasteiger partial charge in [-0.2, -0.15) is 0 Å². The molecule has 2 amide bonds. The molecular weight excluding hydrogens is 326 g/mol. The van der Waals surface area contributed by atoms with Gasteiger partial charge in [0, 0.05) is 18.3 Å². The van der Waals surface area contributed by atoms with Crippen LogP contribution < -0.4 is 15.0 Å². The molecule has 7 heteroatoms. The van der Waals surface area contributed by atoms with E-state index in [1.807, 2.05) is 37.4 Å². The van der Waals surface area contributed by atoms with Crippen molar-refractivity contribution in [1.29, 1.82) is 0 Å². The molecule has 1 aliphatic heterocycles. The third kappa shape index (κ3) is 3.26. The van der Waals surface area contributed by atoms with Crippen LogP contribution in [0.4, 0.5) is 10.8 Å². The van der Waals surface area contributed by atoms with Gasteiger partial charge in [-0.1, -0.05) is 6.07 Å². The zero-order valence-corrected chi connectivity index (χ0v) is 14.6. The van der Waals surface area contributed by atoms with E-state index in [0.29, 0.717) is 23.1 Å². The van der Waals surface area contributed by atoms with Crippen LogP contribution in [-0.4, -0.2) is 30.5 Å². The number of amides is 2. The first-order valence-electron chi connectivity index (χ1n) is 7.66. The van der Waals surface area contributed by atoms with Gasteiger partial charge in [-0.05, 0) is 31.5 Å². The number of anilines is 2. The molecule has 0 radical (unpaired) electrons. The average molecular weight is 345 g/mol. The lowest BCUT2D eigenvalue weighted by molar-refractivity contribution is -0.122.